The number of hydrogen-bond acceptors (Lipinski definition) is 6. The van der Waals surface area contributed by atoms with Crippen molar-refractivity contribution in [1.29, 1.82) is 0 Å². The van der Waals surface area contributed by atoms with Crippen LogP contribution in [0, 0.1) is 0 Å². The summed E-state index contributed by atoms with van der Waals surface area (Å²) in [6.45, 7) is 3.26. The van der Waals surface area contributed by atoms with Crippen LogP contribution in [-0.4, -0.2) is 34.4 Å². The van der Waals surface area contributed by atoms with E-state index in [0.29, 0.717) is 16.9 Å². The third-order valence-corrected chi connectivity index (χ3v) is 4.21. The van der Waals surface area contributed by atoms with E-state index in [0.717, 1.165) is 0 Å². The standard InChI is InChI=1S/C20H18N2O5/c1-3-27-20(26)13-7-9-14(10-8-13)22-17(15-6-4-5-11-21-15)16(12(2)23)18(24)19(22)25/h4-11,17,24H,3H2,1-2H3/t17-/m1/s1. The molecule has 1 amide bonds. The normalized spacial score (nSPS) is 16.6. The van der Waals surface area contributed by atoms with Crippen molar-refractivity contribution in [2.24, 2.45) is 0 Å². The van der Waals surface area contributed by atoms with Crippen LogP contribution in [0.25, 0.3) is 0 Å². The molecular weight excluding hydrogens is 348 g/mol. The first kappa shape index (κ1) is 18.3. The Morgan fingerprint density at radius 2 is 1.89 bits per heavy atom. The van der Waals surface area contributed by atoms with Gasteiger partial charge in [-0.1, -0.05) is 6.07 Å². The van der Waals surface area contributed by atoms with Crippen molar-refractivity contribution in [3.63, 3.8) is 0 Å². The van der Waals surface area contributed by atoms with E-state index in [1.54, 1.807) is 43.5 Å². The number of rotatable bonds is 5. The van der Waals surface area contributed by atoms with Crippen molar-refractivity contribution < 1.29 is 24.2 Å². The number of aromatic nitrogens is 1. The molecule has 0 fully saturated rings. The summed E-state index contributed by atoms with van der Waals surface area (Å²) in [4.78, 5) is 42.1. The molecule has 3 rings (SSSR count). The van der Waals surface area contributed by atoms with Crippen LogP contribution in [0.5, 0.6) is 0 Å². The largest absolute Gasteiger partial charge is 0.503 e. The quantitative estimate of drug-likeness (QED) is 0.818. The van der Waals surface area contributed by atoms with Crippen LogP contribution in [0.4, 0.5) is 5.69 Å². The Bertz CT molecular complexity index is 919. The zero-order valence-corrected chi connectivity index (χ0v) is 14.9. The molecule has 138 valence electrons. The molecular formula is C20H18N2O5. The van der Waals surface area contributed by atoms with Gasteiger partial charge in [-0.05, 0) is 50.2 Å². The molecule has 0 saturated carbocycles. The first-order chi connectivity index (χ1) is 13.0. The Labute approximate surface area is 155 Å². The molecule has 1 aliphatic rings. The number of esters is 1. The maximum atomic E-state index is 12.7. The fourth-order valence-corrected chi connectivity index (χ4v) is 3.02. The van der Waals surface area contributed by atoms with E-state index in [-0.39, 0.29) is 12.2 Å². The van der Waals surface area contributed by atoms with E-state index < -0.39 is 29.5 Å². The first-order valence-electron chi connectivity index (χ1n) is 8.41. The molecule has 0 bridgehead atoms. The van der Waals surface area contributed by atoms with E-state index in [1.807, 2.05) is 0 Å². The summed E-state index contributed by atoms with van der Waals surface area (Å²) < 4.78 is 4.95. The van der Waals surface area contributed by atoms with E-state index in [4.69, 9.17) is 4.74 Å². The van der Waals surface area contributed by atoms with Gasteiger partial charge in [-0.3, -0.25) is 19.5 Å². The fraction of sp³-hybridized carbons (Fsp3) is 0.200. The summed E-state index contributed by atoms with van der Waals surface area (Å²) in [6.07, 6.45) is 1.55. The van der Waals surface area contributed by atoms with Gasteiger partial charge in [-0.2, -0.15) is 0 Å². The summed E-state index contributed by atoms with van der Waals surface area (Å²) >= 11 is 0. The van der Waals surface area contributed by atoms with Crippen LogP contribution in [0.15, 0.2) is 60.0 Å². The predicted octanol–water partition coefficient (Wildman–Crippen LogP) is 2.75. The fourth-order valence-electron chi connectivity index (χ4n) is 3.02. The number of carbonyl (C=O) groups is 3. The van der Waals surface area contributed by atoms with E-state index in [1.165, 1.54) is 24.0 Å². The highest BCUT2D eigenvalue weighted by molar-refractivity contribution is 6.16. The number of aliphatic hydroxyl groups excluding tert-OH is 1. The van der Waals surface area contributed by atoms with Crippen molar-refractivity contribution in [1.82, 2.24) is 4.98 Å². The molecule has 7 nitrogen and oxygen atoms in total. The van der Waals surface area contributed by atoms with Gasteiger partial charge < -0.3 is 9.84 Å². The second kappa shape index (κ2) is 7.41. The van der Waals surface area contributed by atoms with Crippen molar-refractivity contribution in [3.05, 3.63) is 71.3 Å². The molecule has 1 aromatic carbocycles. The number of amides is 1. The van der Waals surface area contributed by atoms with Gasteiger partial charge in [-0.25, -0.2) is 4.79 Å². The number of Topliss-reactive ketones (excluding diaryl/α,β-unsaturated/α-hetero) is 1. The predicted molar refractivity (Wildman–Crippen MR) is 97.2 cm³/mol. The highest BCUT2D eigenvalue weighted by Crippen LogP contribution is 2.40. The molecule has 0 spiro atoms. The number of anilines is 1. The summed E-state index contributed by atoms with van der Waals surface area (Å²) in [6, 6.07) is 10.5. The van der Waals surface area contributed by atoms with Gasteiger partial charge in [0.1, 0.15) is 6.04 Å². The maximum Gasteiger partial charge on any atom is 0.338 e. The summed E-state index contributed by atoms with van der Waals surface area (Å²) in [5, 5.41) is 10.3. The monoisotopic (exact) mass is 366 g/mol. The number of benzene rings is 1. The Hall–Kier alpha value is -3.48. The number of nitrogens with zero attached hydrogens (tertiary/aromatic N) is 2. The Morgan fingerprint density at radius 1 is 1.19 bits per heavy atom. The van der Waals surface area contributed by atoms with Gasteiger partial charge >= 0.3 is 5.97 Å². The van der Waals surface area contributed by atoms with Gasteiger partial charge in [0.25, 0.3) is 5.91 Å². The molecule has 27 heavy (non-hydrogen) atoms. The summed E-state index contributed by atoms with van der Waals surface area (Å²) in [5.41, 5.74) is 1.21. The van der Waals surface area contributed by atoms with E-state index in [9.17, 15) is 19.5 Å². The van der Waals surface area contributed by atoms with Gasteiger partial charge in [-0.15, -0.1) is 0 Å². The van der Waals surface area contributed by atoms with Gasteiger partial charge in [0, 0.05) is 11.9 Å². The Balaban J connectivity index is 2.04. The highest BCUT2D eigenvalue weighted by atomic mass is 16.5. The zero-order valence-electron chi connectivity index (χ0n) is 14.9. The third-order valence-electron chi connectivity index (χ3n) is 4.21. The lowest BCUT2D eigenvalue weighted by molar-refractivity contribution is -0.117. The van der Waals surface area contributed by atoms with Crippen molar-refractivity contribution in [3.8, 4) is 0 Å². The van der Waals surface area contributed by atoms with Crippen LogP contribution in [-0.2, 0) is 14.3 Å². The molecule has 1 aliphatic heterocycles. The topological polar surface area (TPSA) is 96.8 Å². The first-order valence-corrected chi connectivity index (χ1v) is 8.41. The van der Waals surface area contributed by atoms with Crippen LogP contribution in [0.1, 0.15) is 35.9 Å². The van der Waals surface area contributed by atoms with Gasteiger partial charge in [0.15, 0.2) is 11.5 Å². The molecule has 1 atom stereocenters. The van der Waals surface area contributed by atoms with Crippen molar-refractivity contribution in [2.75, 3.05) is 11.5 Å². The molecule has 0 radical (unpaired) electrons. The number of carbonyl (C=O) groups excluding carboxylic acids is 3. The number of ether oxygens (including phenoxy) is 1. The van der Waals surface area contributed by atoms with Gasteiger partial charge in [0.2, 0.25) is 0 Å². The van der Waals surface area contributed by atoms with Crippen LogP contribution < -0.4 is 4.90 Å². The van der Waals surface area contributed by atoms with Crippen molar-refractivity contribution >= 4 is 23.3 Å². The average Bonchev–Trinajstić information content (AvgIpc) is 2.94. The van der Waals surface area contributed by atoms with E-state index >= 15 is 0 Å². The minimum absolute atomic E-state index is 0.00632. The Kier molecular flexibility index (Phi) is 5.03. The lowest BCUT2D eigenvalue weighted by Gasteiger charge is -2.26. The molecule has 7 heteroatoms. The molecule has 2 heterocycles. The van der Waals surface area contributed by atoms with Crippen LogP contribution >= 0.6 is 0 Å². The molecule has 0 unspecified atom stereocenters. The number of pyridine rings is 1. The lowest BCUT2D eigenvalue weighted by Crippen LogP contribution is -2.31. The number of aliphatic hydroxyl groups is 1. The summed E-state index contributed by atoms with van der Waals surface area (Å²) in [5.74, 6) is -2.17. The smallest absolute Gasteiger partial charge is 0.338 e. The minimum Gasteiger partial charge on any atom is -0.503 e. The van der Waals surface area contributed by atoms with Crippen molar-refractivity contribution in [2.45, 2.75) is 19.9 Å². The molecule has 1 N–H and O–H groups in total. The third kappa shape index (κ3) is 3.31. The summed E-state index contributed by atoms with van der Waals surface area (Å²) in [7, 11) is 0. The molecule has 1 aromatic heterocycles. The van der Waals surface area contributed by atoms with Crippen LogP contribution in [0.3, 0.4) is 0 Å². The number of ketones is 1. The average molecular weight is 366 g/mol. The van der Waals surface area contributed by atoms with Gasteiger partial charge in [0.05, 0.1) is 23.4 Å². The minimum atomic E-state index is -0.843. The second-order valence-electron chi connectivity index (χ2n) is 5.92. The number of hydrogen-bond donors (Lipinski definition) is 1. The SMILES string of the molecule is CCOC(=O)c1ccc(N2C(=O)C(O)=C(C(C)=O)[C@H]2c2ccccn2)cc1. The van der Waals surface area contributed by atoms with Crippen LogP contribution in [0.2, 0.25) is 0 Å². The zero-order chi connectivity index (χ0) is 19.6. The molecule has 0 aliphatic carbocycles. The lowest BCUT2D eigenvalue weighted by atomic mass is 10.0. The Morgan fingerprint density at radius 3 is 2.44 bits per heavy atom. The highest BCUT2D eigenvalue weighted by Gasteiger charge is 2.43. The maximum absolute atomic E-state index is 12.7. The molecule has 0 saturated heterocycles. The molecule has 2 aromatic rings. The van der Waals surface area contributed by atoms with E-state index in [2.05, 4.69) is 4.98 Å². The second-order valence-corrected chi connectivity index (χ2v) is 5.92.